The molecular weight excluding hydrogens is 219 g/mol. The number of phenolic OH excluding ortho intramolecular Hbond substituents is 1. The molecule has 0 radical (unpaired) electrons. The predicted molar refractivity (Wildman–Crippen MR) is 63.5 cm³/mol. The van der Waals surface area contributed by atoms with Crippen molar-refractivity contribution >= 4 is 5.78 Å². The molecule has 1 N–H and O–H groups in total. The molecule has 0 heterocycles. The SMILES string of the molecule is CC(=O)c1cc(-c2ccccc2F)ccc1O. The van der Waals surface area contributed by atoms with Gasteiger partial charge in [0.25, 0.3) is 0 Å². The second-order valence-electron chi connectivity index (χ2n) is 3.77. The zero-order valence-electron chi connectivity index (χ0n) is 9.27. The molecule has 0 aromatic heterocycles. The Morgan fingerprint density at radius 3 is 2.53 bits per heavy atom. The first-order chi connectivity index (χ1) is 8.09. The molecule has 0 bridgehead atoms. The van der Waals surface area contributed by atoms with E-state index in [1.807, 2.05) is 0 Å². The molecule has 0 aliphatic carbocycles. The Bertz CT molecular complexity index is 576. The van der Waals surface area contributed by atoms with Crippen molar-refractivity contribution in [2.24, 2.45) is 0 Å². The predicted octanol–water partition coefficient (Wildman–Crippen LogP) is 3.40. The molecule has 0 unspecified atom stereocenters. The van der Waals surface area contributed by atoms with Crippen LogP contribution < -0.4 is 0 Å². The highest BCUT2D eigenvalue weighted by atomic mass is 19.1. The monoisotopic (exact) mass is 230 g/mol. The van der Waals surface area contributed by atoms with E-state index in [0.29, 0.717) is 11.1 Å². The fourth-order valence-corrected chi connectivity index (χ4v) is 1.68. The summed E-state index contributed by atoms with van der Waals surface area (Å²) in [5, 5.41) is 9.51. The van der Waals surface area contributed by atoms with Crippen molar-refractivity contribution in [3.8, 4) is 16.9 Å². The lowest BCUT2D eigenvalue weighted by Gasteiger charge is -2.06. The molecule has 0 aliphatic rings. The number of hydrogen-bond donors (Lipinski definition) is 1. The van der Waals surface area contributed by atoms with Crippen LogP contribution in [-0.2, 0) is 0 Å². The van der Waals surface area contributed by atoms with Crippen LogP contribution in [0.4, 0.5) is 4.39 Å². The summed E-state index contributed by atoms with van der Waals surface area (Å²) in [6.45, 7) is 1.36. The minimum atomic E-state index is -0.354. The van der Waals surface area contributed by atoms with Crippen molar-refractivity contribution in [2.75, 3.05) is 0 Å². The first-order valence-electron chi connectivity index (χ1n) is 5.18. The number of rotatable bonds is 2. The Kier molecular flexibility index (Phi) is 2.91. The Hall–Kier alpha value is -2.16. The van der Waals surface area contributed by atoms with Gasteiger partial charge in [-0.3, -0.25) is 4.79 Å². The topological polar surface area (TPSA) is 37.3 Å². The van der Waals surface area contributed by atoms with Crippen LogP contribution in [0.25, 0.3) is 11.1 Å². The van der Waals surface area contributed by atoms with E-state index in [1.54, 1.807) is 24.3 Å². The summed E-state index contributed by atoms with van der Waals surface area (Å²) in [7, 11) is 0. The van der Waals surface area contributed by atoms with Crippen LogP contribution in [0.2, 0.25) is 0 Å². The van der Waals surface area contributed by atoms with Crippen LogP contribution in [0.15, 0.2) is 42.5 Å². The molecule has 0 atom stereocenters. The molecule has 3 heteroatoms. The largest absolute Gasteiger partial charge is 0.507 e. The molecule has 17 heavy (non-hydrogen) atoms. The van der Waals surface area contributed by atoms with Gasteiger partial charge in [0.05, 0.1) is 5.56 Å². The third-order valence-electron chi connectivity index (χ3n) is 2.56. The van der Waals surface area contributed by atoms with Gasteiger partial charge in [0, 0.05) is 5.56 Å². The molecule has 2 rings (SSSR count). The molecule has 0 saturated carbocycles. The van der Waals surface area contributed by atoms with E-state index >= 15 is 0 Å². The van der Waals surface area contributed by atoms with Gasteiger partial charge in [-0.2, -0.15) is 0 Å². The molecule has 2 aromatic rings. The van der Waals surface area contributed by atoms with E-state index in [-0.39, 0.29) is 22.9 Å². The summed E-state index contributed by atoms with van der Waals surface area (Å²) < 4.78 is 13.6. The van der Waals surface area contributed by atoms with Crippen molar-refractivity contribution in [3.63, 3.8) is 0 Å². The van der Waals surface area contributed by atoms with Crippen molar-refractivity contribution in [1.82, 2.24) is 0 Å². The lowest BCUT2D eigenvalue weighted by atomic mass is 10.0. The maximum atomic E-state index is 13.6. The number of hydrogen-bond acceptors (Lipinski definition) is 2. The average molecular weight is 230 g/mol. The van der Waals surface area contributed by atoms with Crippen LogP contribution in [0.3, 0.4) is 0 Å². The van der Waals surface area contributed by atoms with E-state index < -0.39 is 0 Å². The van der Waals surface area contributed by atoms with Gasteiger partial charge in [0.15, 0.2) is 5.78 Å². The lowest BCUT2D eigenvalue weighted by Crippen LogP contribution is -1.94. The summed E-state index contributed by atoms with van der Waals surface area (Å²) in [6.07, 6.45) is 0. The Morgan fingerprint density at radius 1 is 1.18 bits per heavy atom. The maximum absolute atomic E-state index is 13.6. The number of carbonyl (C=O) groups excluding carboxylic acids is 1. The summed E-state index contributed by atoms with van der Waals surface area (Å²) >= 11 is 0. The van der Waals surface area contributed by atoms with Gasteiger partial charge in [-0.15, -0.1) is 0 Å². The number of halogens is 1. The molecule has 0 aliphatic heterocycles. The minimum absolute atomic E-state index is 0.0856. The van der Waals surface area contributed by atoms with Crippen molar-refractivity contribution < 1.29 is 14.3 Å². The number of aromatic hydroxyl groups is 1. The lowest BCUT2D eigenvalue weighted by molar-refractivity contribution is 0.101. The normalized spacial score (nSPS) is 10.2. The van der Waals surface area contributed by atoms with Crippen molar-refractivity contribution in [2.45, 2.75) is 6.92 Å². The standard InChI is InChI=1S/C14H11FO2/c1-9(16)12-8-10(6-7-14(12)17)11-4-2-3-5-13(11)15/h2-8,17H,1H3. The number of ketones is 1. The molecule has 0 spiro atoms. The van der Waals surface area contributed by atoms with Crippen molar-refractivity contribution in [1.29, 1.82) is 0 Å². The molecule has 2 nitrogen and oxygen atoms in total. The van der Waals surface area contributed by atoms with Gasteiger partial charge in [0.1, 0.15) is 11.6 Å². The van der Waals surface area contributed by atoms with Crippen LogP contribution in [0.1, 0.15) is 17.3 Å². The smallest absolute Gasteiger partial charge is 0.163 e. The maximum Gasteiger partial charge on any atom is 0.163 e. The van der Waals surface area contributed by atoms with Crippen molar-refractivity contribution in [3.05, 3.63) is 53.8 Å². The highest BCUT2D eigenvalue weighted by molar-refractivity contribution is 5.98. The summed E-state index contributed by atoms with van der Waals surface area (Å²) in [4.78, 5) is 11.3. The van der Waals surface area contributed by atoms with Gasteiger partial charge in [0.2, 0.25) is 0 Å². The number of benzene rings is 2. The van der Waals surface area contributed by atoms with Crippen LogP contribution in [0, 0.1) is 5.82 Å². The van der Waals surface area contributed by atoms with E-state index in [4.69, 9.17) is 0 Å². The summed E-state index contributed by atoms with van der Waals surface area (Å²) in [5.74, 6) is -0.689. The van der Waals surface area contributed by atoms with Crippen LogP contribution in [0.5, 0.6) is 5.75 Å². The summed E-state index contributed by atoms with van der Waals surface area (Å²) in [5.41, 5.74) is 1.19. The second kappa shape index (κ2) is 4.37. The van der Waals surface area contributed by atoms with E-state index in [0.717, 1.165) is 0 Å². The van der Waals surface area contributed by atoms with Crippen LogP contribution in [-0.4, -0.2) is 10.9 Å². The van der Waals surface area contributed by atoms with Gasteiger partial charge in [-0.25, -0.2) is 4.39 Å². The first-order valence-corrected chi connectivity index (χ1v) is 5.18. The molecule has 0 fully saturated rings. The Labute approximate surface area is 98.3 Å². The van der Waals surface area contributed by atoms with Crippen LogP contribution >= 0.6 is 0 Å². The highest BCUT2D eigenvalue weighted by Crippen LogP contribution is 2.27. The molecule has 86 valence electrons. The zero-order chi connectivity index (χ0) is 12.4. The van der Waals surface area contributed by atoms with Gasteiger partial charge >= 0.3 is 0 Å². The number of phenols is 1. The van der Waals surface area contributed by atoms with Gasteiger partial charge < -0.3 is 5.11 Å². The molecule has 0 amide bonds. The van der Waals surface area contributed by atoms with Gasteiger partial charge in [-0.05, 0) is 30.7 Å². The highest BCUT2D eigenvalue weighted by Gasteiger charge is 2.10. The fourth-order valence-electron chi connectivity index (χ4n) is 1.68. The number of Topliss-reactive ketones (excluding diaryl/α,β-unsaturated/α-hetero) is 1. The van der Waals surface area contributed by atoms with E-state index in [1.165, 1.54) is 25.1 Å². The number of carbonyl (C=O) groups is 1. The Balaban J connectivity index is 2.58. The molecular formula is C14H11FO2. The summed E-state index contributed by atoms with van der Waals surface area (Å²) in [6, 6.07) is 10.8. The van der Waals surface area contributed by atoms with Gasteiger partial charge in [-0.1, -0.05) is 24.3 Å². The fraction of sp³-hybridized carbons (Fsp3) is 0.0714. The quantitative estimate of drug-likeness (QED) is 0.803. The molecule has 2 aromatic carbocycles. The third kappa shape index (κ3) is 2.18. The van der Waals surface area contributed by atoms with E-state index in [9.17, 15) is 14.3 Å². The zero-order valence-corrected chi connectivity index (χ0v) is 9.27. The van der Waals surface area contributed by atoms with E-state index in [2.05, 4.69) is 0 Å². The Morgan fingerprint density at radius 2 is 1.88 bits per heavy atom. The average Bonchev–Trinajstić information content (AvgIpc) is 2.30. The minimum Gasteiger partial charge on any atom is -0.507 e. The molecule has 0 saturated heterocycles. The second-order valence-corrected chi connectivity index (χ2v) is 3.77. The third-order valence-corrected chi connectivity index (χ3v) is 2.56. The first kappa shape index (κ1) is 11.3.